The van der Waals surface area contributed by atoms with E-state index in [1.54, 1.807) is 24.3 Å². The molecule has 5 heteroatoms. The fraction of sp³-hybridized carbons (Fsp3) is 0.111. The van der Waals surface area contributed by atoms with Gasteiger partial charge in [-0.2, -0.15) is 5.26 Å². The maximum Gasteiger partial charge on any atom is 0.348 e. The van der Waals surface area contributed by atoms with Crippen LogP contribution in [0.25, 0.3) is 6.08 Å². The molecule has 0 aliphatic carbocycles. The minimum atomic E-state index is -0.687. The Morgan fingerprint density at radius 3 is 2.61 bits per heavy atom. The lowest BCUT2D eigenvalue weighted by Crippen LogP contribution is -2.03. The number of rotatable bonds is 5. The molecule has 116 valence electrons. The lowest BCUT2D eigenvalue weighted by molar-refractivity contribution is -0.135. The Morgan fingerprint density at radius 2 is 1.91 bits per heavy atom. The zero-order valence-corrected chi connectivity index (χ0v) is 13.2. The highest BCUT2D eigenvalue weighted by molar-refractivity contribution is 6.31. The molecule has 0 heterocycles. The van der Waals surface area contributed by atoms with E-state index in [0.29, 0.717) is 16.3 Å². The maximum absolute atomic E-state index is 11.5. The Labute approximate surface area is 139 Å². The summed E-state index contributed by atoms with van der Waals surface area (Å²) in [6.45, 7) is 0.282. The molecule has 23 heavy (non-hydrogen) atoms. The molecule has 0 unspecified atom stereocenters. The van der Waals surface area contributed by atoms with Gasteiger partial charge in [-0.1, -0.05) is 48.0 Å². The molecular formula is C18H14ClNO3. The first kappa shape index (κ1) is 16.6. The summed E-state index contributed by atoms with van der Waals surface area (Å²) in [5.41, 5.74) is 1.37. The van der Waals surface area contributed by atoms with Gasteiger partial charge >= 0.3 is 5.97 Å². The number of para-hydroxylation sites is 1. The van der Waals surface area contributed by atoms with Crippen LogP contribution in [0.4, 0.5) is 0 Å². The standard InChI is InChI=1S/C18H14ClNO3/c1-22-18(21)15(11-20)10-13-6-3-5-9-17(13)23-12-14-7-2-4-8-16(14)19/h2-10H,12H2,1H3. The molecule has 0 saturated heterocycles. The van der Waals surface area contributed by atoms with Gasteiger partial charge in [0.25, 0.3) is 0 Å². The van der Waals surface area contributed by atoms with Crippen molar-refractivity contribution < 1.29 is 14.3 Å². The molecule has 2 aromatic rings. The van der Waals surface area contributed by atoms with Crippen molar-refractivity contribution in [1.29, 1.82) is 5.26 Å². The summed E-state index contributed by atoms with van der Waals surface area (Å²) >= 11 is 6.10. The molecule has 4 nitrogen and oxygen atoms in total. The monoisotopic (exact) mass is 327 g/mol. The highest BCUT2D eigenvalue weighted by Gasteiger charge is 2.11. The van der Waals surface area contributed by atoms with E-state index in [-0.39, 0.29) is 12.2 Å². The zero-order valence-electron chi connectivity index (χ0n) is 12.5. The van der Waals surface area contributed by atoms with Crippen LogP contribution in [-0.2, 0) is 16.1 Å². The summed E-state index contributed by atoms with van der Waals surface area (Å²) in [5, 5.41) is 9.67. The van der Waals surface area contributed by atoms with E-state index in [9.17, 15) is 4.79 Å². The SMILES string of the molecule is COC(=O)C(C#N)=Cc1ccccc1OCc1ccccc1Cl. The second kappa shape index (κ2) is 8.02. The number of halogens is 1. The van der Waals surface area contributed by atoms with Crippen LogP contribution in [0.5, 0.6) is 5.75 Å². The summed E-state index contributed by atoms with van der Waals surface area (Å²) in [6, 6.07) is 16.3. The van der Waals surface area contributed by atoms with E-state index in [2.05, 4.69) is 4.74 Å². The third-order valence-corrected chi connectivity index (χ3v) is 3.45. The van der Waals surface area contributed by atoms with E-state index in [1.807, 2.05) is 30.3 Å². The molecule has 0 aliphatic heterocycles. The molecule has 0 spiro atoms. The van der Waals surface area contributed by atoms with Crippen LogP contribution in [0.2, 0.25) is 5.02 Å². The van der Waals surface area contributed by atoms with Gasteiger partial charge in [0, 0.05) is 16.1 Å². The topological polar surface area (TPSA) is 59.3 Å². The molecule has 2 aromatic carbocycles. The number of esters is 1. The molecule has 0 amide bonds. The van der Waals surface area contributed by atoms with E-state index >= 15 is 0 Å². The Kier molecular flexibility index (Phi) is 5.79. The summed E-state index contributed by atoms with van der Waals surface area (Å²) in [4.78, 5) is 11.5. The highest BCUT2D eigenvalue weighted by Crippen LogP contribution is 2.24. The van der Waals surface area contributed by atoms with Gasteiger partial charge in [0.15, 0.2) is 0 Å². The molecule has 0 aliphatic rings. The van der Waals surface area contributed by atoms with Crippen molar-refractivity contribution in [3.05, 3.63) is 70.3 Å². The zero-order chi connectivity index (χ0) is 16.7. The first-order valence-electron chi connectivity index (χ1n) is 6.81. The van der Waals surface area contributed by atoms with E-state index in [0.717, 1.165) is 5.56 Å². The van der Waals surface area contributed by atoms with Gasteiger partial charge in [0.1, 0.15) is 24.0 Å². The van der Waals surface area contributed by atoms with Gasteiger partial charge in [-0.15, -0.1) is 0 Å². The fourth-order valence-electron chi connectivity index (χ4n) is 1.90. The van der Waals surface area contributed by atoms with Gasteiger partial charge in [0.05, 0.1) is 7.11 Å². The lowest BCUT2D eigenvalue weighted by atomic mass is 10.1. The third-order valence-electron chi connectivity index (χ3n) is 3.09. The Hall–Kier alpha value is -2.77. The quantitative estimate of drug-likeness (QED) is 0.473. The van der Waals surface area contributed by atoms with Crippen molar-refractivity contribution in [1.82, 2.24) is 0 Å². The van der Waals surface area contributed by atoms with Gasteiger partial charge in [0.2, 0.25) is 0 Å². The maximum atomic E-state index is 11.5. The second-order valence-electron chi connectivity index (χ2n) is 4.58. The smallest absolute Gasteiger partial charge is 0.348 e. The summed E-state index contributed by atoms with van der Waals surface area (Å²) < 4.78 is 10.3. The third kappa shape index (κ3) is 4.35. The average Bonchev–Trinajstić information content (AvgIpc) is 2.59. The predicted molar refractivity (Wildman–Crippen MR) is 87.8 cm³/mol. The minimum Gasteiger partial charge on any atom is -0.488 e. The Balaban J connectivity index is 2.24. The van der Waals surface area contributed by atoms with Crippen molar-refractivity contribution in [2.75, 3.05) is 7.11 Å². The van der Waals surface area contributed by atoms with Gasteiger partial charge in [-0.3, -0.25) is 0 Å². The summed E-state index contributed by atoms with van der Waals surface area (Å²) in [5.74, 6) is -0.141. The number of benzene rings is 2. The number of methoxy groups -OCH3 is 1. The normalized spacial score (nSPS) is 10.7. The number of hydrogen-bond acceptors (Lipinski definition) is 4. The number of carbonyl (C=O) groups is 1. The molecule has 0 N–H and O–H groups in total. The predicted octanol–water partition coefficient (Wildman–Crippen LogP) is 4.00. The lowest BCUT2D eigenvalue weighted by Gasteiger charge is -2.10. The van der Waals surface area contributed by atoms with Crippen LogP contribution in [0.15, 0.2) is 54.1 Å². The average molecular weight is 328 g/mol. The number of hydrogen-bond donors (Lipinski definition) is 0. The van der Waals surface area contributed by atoms with Crippen LogP contribution in [0.1, 0.15) is 11.1 Å². The minimum absolute atomic E-state index is 0.0960. The van der Waals surface area contributed by atoms with Crippen molar-refractivity contribution in [3.63, 3.8) is 0 Å². The van der Waals surface area contributed by atoms with Gasteiger partial charge in [-0.05, 0) is 18.2 Å². The highest BCUT2D eigenvalue weighted by atomic mass is 35.5. The molecule has 0 fully saturated rings. The molecule has 0 radical (unpaired) electrons. The first-order valence-corrected chi connectivity index (χ1v) is 7.19. The molecule has 0 atom stereocenters. The van der Waals surface area contributed by atoms with Crippen molar-refractivity contribution in [2.24, 2.45) is 0 Å². The molecule has 2 rings (SSSR count). The Morgan fingerprint density at radius 1 is 1.22 bits per heavy atom. The van der Waals surface area contributed by atoms with Gasteiger partial charge in [-0.25, -0.2) is 4.79 Å². The van der Waals surface area contributed by atoms with Crippen molar-refractivity contribution >= 4 is 23.6 Å². The first-order chi connectivity index (χ1) is 11.2. The number of carbonyl (C=O) groups excluding carboxylic acids is 1. The Bertz CT molecular complexity index is 778. The number of nitriles is 1. The molecule has 0 bridgehead atoms. The number of nitrogens with zero attached hydrogens (tertiary/aromatic N) is 1. The van der Waals surface area contributed by atoms with E-state index in [4.69, 9.17) is 21.6 Å². The fourth-order valence-corrected chi connectivity index (χ4v) is 2.09. The van der Waals surface area contributed by atoms with Crippen LogP contribution < -0.4 is 4.74 Å². The summed E-state index contributed by atoms with van der Waals surface area (Å²) in [7, 11) is 1.23. The molecule has 0 aromatic heterocycles. The second-order valence-corrected chi connectivity index (χ2v) is 4.99. The van der Waals surface area contributed by atoms with Gasteiger partial charge < -0.3 is 9.47 Å². The largest absolute Gasteiger partial charge is 0.488 e. The molecule has 0 saturated carbocycles. The van der Waals surface area contributed by atoms with E-state index in [1.165, 1.54) is 13.2 Å². The van der Waals surface area contributed by atoms with Crippen LogP contribution in [-0.4, -0.2) is 13.1 Å². The van der Waals surface area contributed by atoms with Crippen molar-refractivity contribution in [3.8, 4) is 11.8 Å². The van der Waals surface area contributed by atoms with E-state index < -0.39 is 5.97 Å². The van der Waals surface area contributed by atoms with Crippen LogP contribution >= 0.6 is 11.6 Å². The van der Waals surface area contributed by atoms with Crippen LogP contribution in [0, 0.1) is 11.3 Å². The van der Waals surface area contributed by atoms with Crippen molar-refractivity contribution in [2.45, 2.75) is 6.61 Å². The molecular weight excluding hydrogens is 314 g/mol. The number of ether oxygens (including phenoxy) is 2. The summed E-state index contributed by atoms with van der Waals surface area (Å²) in [6.07, 6.45) is 1.44. The van der Waals surface area contributed by atoms with Crippen LogP contribution in [0.3, 0.4) is 0 Å².